The lowest BCUT2D eigenvalue weighted by molar-refractivity contribution is -0.138. The first-order valence-electron chi connectivity index (χ1n) is 4.15. The number of carboxylic acids is 1. The van der Waals surface area contributed by atoms with E-state index in [1.807, 2.05) is 6.92 Å². The second-order valence-corrected chi connectivity index (χ2v) is 3.28. The van der Waals surface area contributed by atoms with Gasteiger partial charge in [0, 0.05) is 12.5 Å². The van der Waals surface area contributed by atoms with E-state index in [2.05, 4.69) is 5.32 Å². The van der Waals surface area contributed by atoms with E-state index < -0.39 is 5.97 Å². The maximum Gasteiger partial charge on any atom is 0.303 e. The Morgan fingerprint density at radius 1 is 1.82 bits per heavy atom. The maximum absolute atomic E-state index is 10.3. The lowest BCUT2D eigenvalue weighted by Crippen LogP contribution is -2.29. The minimum atomic E-state index is -0.689. The Bertz CT molecular complexity index is 141. The summed E-state index contributed by atoms with van der Waals surface area (Å²) in [5.41, 5.74) is 0. The van der Waals surface area contributed by atoms with Crippen molar-refractivity contribution in [3.8, 4) is 0 Å². The maximum atomic E-state index is 10.3. The molecule has 1 fully saturated rings. The number of carbonyl (C=O) groups is 1. The van der Waals surface area contributed by atoms with E-state index in [1.54, 1.807) is 0 Å². The fourth-order valence-corrected chi connectivity index (χ4v) is 1.61. The van der Waals surface area contributed by atoms with Crippen LogP contribution in [0.2, 0.25) is 0 Å². The van der Waals surface area contributed by atoms with Gasteiger partial charge in [0.1, 0.15) is 0 Å². The summed E-state index contributed by atoms with van der Waals surface area (Å²) in [6.07, 6.45) is 2.61. The first-order chi connectivity index (χ1) is 5.20. The standard InChI is InChI=1S/C8H15NO2/c1-6(5-8(10)11)7-3-2-4-9-7/h6-7,9H,2-5H2,1H3,(H,10,11)/t6-,7+/m1/s1. The summed E-state index contributed by atoms with van der Waals surface area (Å²) >= 11 is 0. The average Bonchev–Trinajstić information content (AvgIpc) is 2.35. The van der Waals surface area contributed by atoms with Crippen LogP contribution in [0.5, 0.6) is 0 Å². The molecule has 1 heterocycles. The van der Waals surface area contributed by atoms with Crippen LogP contribution in [0.3, 0.4) is 0 Å². The molecule has 2 N–H and O–H groups in total. The van der Waals surface area contributed by atoms with Crippen molar-refractivity contribution in [2.75, 3.05) is 6.54 Å². The van der Waals surface area contributed by atoms with Crippen LogP contribution in [-0.2, 0) is 4.79 Å². The predicted octanol–water partition coefficient (Wildman–Crippen LogP) is 0.849. The molecule has 1 rings (SSSR count). The van der Waals surface area contributed by atoms with Crippen molar-refractivity contribution >= 4 is 5.97 Å². The van der Waals surface area contributed by atoms with E-state index in [1.165, 1.54) is 6.42 Å². The third-order valence-electron chi connectivity index (χ3n) is 2.28. The first-order valence-corrected chi connectivity index (χ1v) is 4.15. The molecule has 2 atom stereocenters. The van der Waals surface area contributed by atoms with E-state index in [4.69, 9.17) is 5.11 Å². The van der Waals surface area contributed by atoms with Crippen molar-refractivity contribution in [3.05, 3.63) is 0 Å². The van der Waals surface area contributed by atoms with Crippen LogP contribution in [0, 0.1) is 5.92 Å². The van der Waals surface area contributed by atoms with E-state index in [0.717, 1.165) is 13.0 Å². The number of rotatable bonds is 3. The molecule has 0 radical (unpaired) electrons. The molecule has 0 bridgehead atoms. The molecule has 0 unspecified atom stereocenters. The summed E-state index contributed by atoms with van der Waals surface area (Å²) in [7, 11) is 0. The van der Waals surface area contributed by atoms with E-state index in [-0.39, 0.29) is 12.3 Å². The average molecular weight is 157 g/mol. The third-order valence-corrected chi connectivity index (χ3v) is 2.28. The third kappa shape index (κ3) is 2.50. The predicted molar refractivity (Wildman–Crippen MR) is 42.4 cm³/mol. The minimum absolute atomic E-state index is 0.273. The summed E-state index contributed by atoms with van der Waals surface area (Å²) in [6, 6.07) is 0.436. The minimum Gasteiger partial charge on any atom is -0.481 e. The Kier molecular flexibility index (Phi) is 2.88. The molecule has 0 aliphatic carbocycles. The highest BCUT2D eigenvalue weighted by atomic mass is 16.4. The van der Waals surface area contributed by atoms with E-state index in [0.29, 0.717) is 6.04 Å². The molecular weight excluding hydrogens is 142 g/mol. The van der Waals surface area contributed by atoms with Crippen molar-refractivity contribution in [3.63, 3.8) is 0 Å². The Hall–Kier alpha value is -0.570. The van der Waals surface area contributed by atoms with Crippen LogP contribution in [0.15, 0.2) is 0 Å². The van der Waals surface area contributed by atoms with Crippen molar-refractivity contribution in [1.29, 1.82) is 0 Å². The molecule has 3 heteroatoms. The molecule has 0 aromatic heterocycles. The zero-order valence-corrected chi connectivity index (χ0v) is 6.84. The molecule has 3 nitrogen and oxygen atoms in total. The smallest absolute Gasteiger partial charge is 0.303 e. The molecule has 1 aliphatic heterocycles. The largest absolute Gasteiger partial charge is 0.481 e. The van der Waals surface area contributed by atoms with Crippen LogP contribution in [0.25, 0.3) is 0 Å². The van der Waals surface area contributed by atoms with Crippen molar-refractivity contribution in [1.82, 2.24) is 5.32 Å². The van der Waals surface area contributed by atoms with Gasteiger partial charge in [-0.3, -0.25) is 4.79 Å². The summed E-state index contributed by atoms with van der Waals surface area (Å²) in [5.74, 6) is -0.416. The van der Waals surface area contributed by atoms with Crippen LogP contribution >= 0.6 is 0 Å². The van der Waals surface area contributed by atoms with Crippen molar-refractivity contribution in [2.24, 2.45) is 5.92 Å². The number of hydrogen-bond acceptors (Lipinski definition) is 2. The highest BCUT2D eigenvalue weighted by molar-refractivity contribution is 5.67. The molecule has 0 aromatic carbocycles. The number of aliphatic carboxylic acids is 1. The van der Waals surface area contributed by atoms with Crippen molar-refractivity contribution in [2.45, 2.75) is 32.2 Å². The SMILES string of the molecule is C[C@H](CC(=O)O)[C@@H]1CCCN1. The van der Waals surface area contributed by atoms with Gasteiger partial charge in [0.15, 0.2) is 0 Å². The summed E-state index contributed by atoms with van der Waals surface area (Å²) in [4.78, 5) is 10.3. The Morgan fingerprint density at radius 3 is 3.00 bits per heavy atom. The number of carboxylic acid groups (broad SMARTS) is 1. The van der Waals surface area contributed by atoms with Gasteiger partial charge in [-0.05, 0) is 25.3 Å². The van der Waals surface area contributed by atoms with Gasteiger partial charge in [0.05, 0.1) is 0 Å². The second kappa shape index (κ2) is 3.72. The van der Waals surface area contributed by atoms with Gasteiger partial charge >= 0.3 is 5.97 Å². The topological polar surface area (TPSA) is 49.3 Å². The first kappa shape index (κ1) is 8.53. The lowest BCUT2D eigenvalue weighted by Gasteiger charge is -2.16. The second-order valence-electron chi connectivity index (χ2n) is 3.28. The van der Waals surface area contributed by atoms with Gasteiger partial charge in [-0.15, -0.1) is 0 Å². The molecule has 0 spiro atoms. The highest BCUT2D eigenvalue weighted by Gasteiger charge is 2.22. The Morgan fingerprint density at radius 2 is 2.55 bits per heavy atom. The Labute approximate surface area is 66.8 Å². The molecule has 1 aliphatic rings. The quantitative estimate of drug-likeness (QED) is 0.638. The summed E-state index contributed by atoms with van der Waals surface area (Å²) < 4.78 is 0. The fraction of sp³-hybridized carbons (Fsp3) is 0.875. The fourth-order valence-electron chi connectivity index (χ4n) is 1.61. The van der Waals surface area contributed by atoms with Crippen LogP contribution in [0.1, 0.15) is 26.2 Å². The molecule has 11 heavy (non-hydrogen) atoms. The normalized spacial score (nSPS) is 26.8. The van der Waals surface area contributed by atoms with Crippen LogP contribution in [-0.4, -0.2) is 23.7 Å². The molecular formula is C8H15NO2. The Balaban J connectivity index is 2.28. The van der Waals surface area contributed by atoms with Gasteiger partial charge in [-0.2, -0.15) is 0 Å². The summed E-state index contributed by atoms with van der Waals surface area (Å²) in [6.45, 7) is 3.05. The van der Waals surface area contributed by atoms with Crippen LogP contribution < -0.4 is 5.32 Å². The van der Waals surface area contributed by atoms with Gasteiger partial charge in [-0.1, -0.05) is 6.92 Å². The molecule has 0 amide bonds. The zero-order valence-electron chi connectivity index (χ0n) is 6.84. The molecule has 0 saturated carbocycles. The molecule has 64 valence electrons. The molecule has 0 aromatic rings. The zero-order chi connectivity index (χ0) is 8.27. The van der Waals surface area contributed by atoms with E-state index >= 15 is 0 Å². The van der Waals surface area contributed by atoms with Crippen LogP contribution in [0.4, 0.5) is 0 Å². The van der Waals surface area contributed by atoms with Gasteiger partial charge in [-0.25, -0.2) is 0 Å². The van der Waals surface area contributed by atoms with Gasteiger partial charge in [0.2, 0.25) is 0 Å². The van der Waals surface area contributed by atoms with E-state index in [9.17, 15) is 4.79 Å². The molecule has 1 saturated heterocycles. The lowest BCUT2D eigenvalue weighted by atomic mass is 9.97. The summed E-state index contributed by atoms with van der Waals surface area (Å²) in [5, 5.41) is 11.8. The van der Waals surface area contributed by atoms with Gasteiger partial charge in [0.25, 0.3) is 0 Å². The highest BCUT2D eigenvalue weighted by Crippen LogP contribution is 2.16. The monoisotopic (exact) mass is 157 g/mol. The number of nitrogens with one attached hydrogen (secondary N) is 1. The van der Waals surface area contributed by atoms with Crippen molar-refractivity contribution < 1.29 is 9.90 Å². The number of hydrogen-bond donors (Lipinski definition) is 2. The van der Waals surface area contributed by atoms with Gasteiger partial charge < -0.3 is 10.4 Å².